The molecule has 0 spiro atoms. The molecule has 0 bridgehead atoms. The van der Waals surface area contributed by atoms with Crippen molar-refractivity contribution in [2.45, 2.75) is 6.92 Å². The molecule has 24 heavy (non-hydrogen) atoms. The first kappa shape index (κ1) is 15.8. The number of amides is 1. The molecular formula is C16H12ClN5O2. The van der Waals surface area contributed by atoms with Crippen molar-refractivity contribution in [3.63, 3.8) is 0 Å². The Labute approximate surface area is 142 Å². The third-order valence-corrected chi connectivity index (χ3v) is 3.58. The lowest BCUT2D eigenvalue weighted by molar-refractivity contribution is 0.101. The van der Waals surface area contributed by atoms with Crippen LogP contribution in [0.5, 0.6) is 0 Å². The summed E-state index contributed by atoms with van der Waals surface area (Å²) in [6.45, 7) is 1.48. The van der Waals surface area contributed by atoms with Crippen LogP contribution in [0.25, 0.3) is 5.82 Å². The number of anilines is 1. The molecule has 0 atom stereocenters. The number of nitrogens with one attached hydrogen (secondary N) is 1. The quantitative estimate of drug-likeness (QED) is 0.737. The van der Waals surface area contributed by atoms with Crippen LogP contribution < -0.4 is 5.32 Å². The first-order valence-corrected chi connectivity index (χ1v) is 7.36. The average molecular weight is 342 g/mol. The summed E-state index contributed by atoms with van der Waals surface area (Å²) in [5, 5.41) is 10.3. The highest BCUT2D eigenvalue weighted by Gasteiger charge is 2.14. The molecule has 120 valence electrons. The number of nitrogens with zero attached hydrogens (tertiary/aromatic N) is 4. The fourth-order valence-electron chi connectivity index (χ4n) is 2.03. The minimum atomic E-state index is -0.453. The van der Waals surface area contributed by atoms with Crippen LogP contribution in [0.3, 0.4) is 0 Å². The van der Waals surface area contributed by atoms with Gasteiger partial charge in [-0.25, -0.2) is 4.98 Å². The maximum atomic E-state index is 12.4. The van der Waals surface area contributed by atoms with Crippen molar-refractivity contribution in [1.82, 2.24) is 19.7 Å². The minimum absolute atomic E-state index is 0.0424. The predicted octanol–water partition coefficient (Wildman–Crippen LogP) is 2.77. The van der Waals surface area contributed by atoms with Crippen molar-refractivity contribution in [2.75, 3.05) is 5.32 Å². The predicted molar refractivity (Wildman–Crippen MR) is 88.6 cm³/mol. The molecule has 1 N–H and O–H groups in total. The Kier molecular flexibility index (Phi) is 4.35. The number of Topliss-reactive ketones (excluding diaryl/α,β-unsaturated/α-hetero) is 1. The third-order valence-electron chi connectivity index (χ3n) is 3.28. The van der Waals surface area contributed by atoms with Crippen molar-refractivity contribution in [1.29, 1.82) is 0 Å². The van der Waals surface area contributed by atoms with Gasteiger partial charge in [0.2, 0.25) is 0 Å². The van der Waals surface area contributed by atoms with Gasteiger partial charge in [0.25, 0.3) is 5.91 Å². The third kappa shape index (κ3) is 3.31. The van der Waals surface area contributed by atoms with E-state index >= 15 is 0 Å². The van der Waals surface area contributed by atoms with E-state index in [0.29, 0.717) is 17.1 Å². The molecule has 0 aliphatic heterocycles. The molecule has 0 unspecified atom stereocenters. The van der Waals surface area contributed by atoms with Gasteiger partial charge in [-0.1, -0.05) is 11.6 Å². The lowest BCUT2D eigenvalue weighted by Gasteiger charge is -2.08. The molecule has 7 nitrogen and oxygen atoms in total. The first-order chi connectivity index (χ1) is 11.5. The maximum Gasteiger partial charge on any atom is 0.275 e. The lowest BCUT2D eigenvalue weighted by Crippen LogP contribution is -2.15. The van der Waals surface area contributed by atoms with Crippen LogP contribution in [0.15, 0.2) is 49.1 Å². The Morgan fingerprint density at radius 2 is 1.71 bits per heavy atom. The molecular weight excluding hydrogens is 330 g/mol. The first-order valence-electron chi connectivity index (χ1n) is 6.98. The SMILES string of the molecule is CC(=O)c1ccc(NC(=O)c2nc(-n3cnnc3)ccc2Cl)cc1. The second kappa shape index (κ2) is 6.59. The summed E-state index contributed by atoms with van der Waals surface area (Å²) in [4.78, 5) is 27.9. The molecule has 0 fully saturated rings. The van der Waals surface area contributed by atoms with E-state index in [1.165, 1.54) is 19.6 Å². The largest absolute Gasteiger partial charge is 0.321 e. The Hall–Kier alpha value is -3.06. The molecule has 0 aliphatic rings. The molecule has 0 saturated carbocycles. The summed E-state index contributed by atoms with van der Waals surface area (Å²) < 4.78 is 1.56. The molecule has 2 aromatic heterocycles. The monoisotopic (exact) mass is 341 g/mol. The summed E-state index contributed by atoms with van der Waals surface area (Å²) >= 11 is 6.08. The van der Waals surface area contributed by atoms with Gasteiger partial charge in [-0.2, -0.15) is 0 Å². The van der Waals surface area contributed by atoms with Crippen LogP contribution >= 0.6 is 11.6 Å². The van der Waals surface area contributed by atoms with Gasteiger partial charge < -0.3 is 5.32 Å². The number of rotatable bonds is 4. The molecule has 1 amide bonds. The van der Waals surface area contributed by atoms with Gasteiger partial charge in [0.15, 0.2) is 5.78 Å². The molecule has 3 aromatic rings. The highest BCUT2D eigenvalue weighted by molar-refractivity contribution is 6.34. The summed E-state index contributed by atoms with van der Waals surface area (Å²) in [6, 6.07) is 9.81. The maximum absolute atomic E-state index is 12.4. The number of hydrogen-bond donors (Lipinski definition) is 1. The van der Waals surface area contributed by atoms with Gasteiger partial charge in [-0.3, -0.25) is 14.2 Å². The summed E-state index contributed by atoms with van der Waals surface area (Å²) in [5.74, 6) is -0.0220. The van der Waals surface area contributed by atoms with Crippen LogP contribution in [0, 0.1) is 0 Å². The topological polar surface area (TPSA) is 89.8 Å². The zero-order valence-electron chi connectivity index (χ0n) is 12.6. The van der Waals surface area contributed by atoms with E-state index in [9.17, 15) is 9.59 Å². The summed E-state index contributed by atoms with van der Waals surface area (Å²) in [5.41, 5.74) is 1.19. The summed E-state index contributed by atoms with van der Waals surface area (Å²) in [7, 11) is 0. The lowest BCUT2D eigenvalue weighted by atomic mass is 10.1. The smallest absolute Gasteiger partial charge is 0.275 e. The van der Waals surface area contributed by atoms with Crippen molar-refractivity contribution in [3.05, 3.63) is 65.3 Å². The van der Waals surface area contributed by atoms with Crippen LogP contribution in [0.1, 0.15) is 27.8 Å². The number of ketones is 1. The van der Waals surface area contributed by atoms with E-state index in [2.05, 4.69) is 20.5 Å². The number of carbonyl (C=O) groups is 2. The van der Waals surface area contributed by atoms with Gasteiger partial charge in [0, 0.05) is 11.3 Å². The molecule has 0 radical (unpaired) electrons. The minimum Gasteiger partial charge on any atom is -0.321 e. The molecule has 0 aliphatic carbocycles. The van der Waals surface area contributed by atoms with Gasteiger partial charge >= 0.3 is 0 Å². The zero-order chi connectivity index (χ0) is 17.1. The number of benzene rings is 1. The highest BCUT2D eigenvalue weighted by atomic mass is 35.5. The number of carbonyl (C=O) groups excluding carboxylic acids is 2. The van der Waals surface area contributed by atoms with Crippen LogP contribution in [0.2, 0.25) is 5.02 Å². The van der Waals surface area contributed by atoms with Crippen LogP contribution in [-0.4, -0.2) is 31.4 Å². The molecule has 1 aromatic carbocycles. The summed E-state index contributed by atoms with van der Waals surface area (Å²) in [6.07, 6.45) is 2.94. The van der Waals surface area contributed by atoms with Crippen molar-refractivity contribution < 1.29 is 9.59 Å². The second-order valence-electron chi connectivity index (χ2n) is 4.96. The zero-order valence-corrected chi connectivity index (χ0v) is 13.4. The molecule has 0 saturated heterocycles. The molecule has 2 heterocycles. The number of pyridine rings is 1. The molecule has 3 rings (SSSR count). The van der Waals surface area contributed by atoms with Gasteiger partial charge in [0.1, 0.15) is 24.2 Å². The fraction of sp³-hybridized carbons (Fsp3) is 0.0625. The second-order valence-corrected chi connectivity index (χ2v) is 5.36. The van der Waals surface area contributed by atoms with Crippen LogP contribution in [-0.2, 0) is 0 Å². The Morgan fingerprint density at radius 3 is 2.33 bits per heavy atom. The van der Waals surface area contributed by atoms with Gasteiger partial charge in [0.05, 0.1) is 5.02 Å². The van der Waals surface area contributed by atoms with Crippen molar-refractivity contribution >= 4 is 29.0 Å². The Bertz CT molecular complexity index is 891. The van der Waals surface area contributed by atoms with Gasteiger partial charge in [-0.05, 0) is 43.3 Å². The number of halogens is 1. The Morgan fingerprint density at radius 1 is 1.04 bits per heavy atom. The van der Waals surface area contributed by atoms with Crippen molar-refractivity contribution in [3.8, 4) is 5.82 Å². The highest BCUT2D eigenvalue weighted by Crippen LogP contribution is 2.18. The standard InChI is InChI=1S/C16H12ClN5O2/c1-10(23)11-2-4-12(5-3-11)20-16(24)15-13(17)6-7-14(21-15)22-8-18-19-9-22/h2-9H,1H3,(H,20,24). The number of hydrogen-bond acceptors (Lipinski definition) is 5. The fourth-order valence-corrected chi connectivity index (χ4v) is 2.22. The van der Waals surface area contributed by atoms with E-state index in [4.69, 9.17) is 11.6 Å². The Balaban J connectivity index is 1.84. The van der Waals surface area contributed by atoms with E-state index in [1.54, 1.807) is 41.0 Å². The van der Waals surface area contributed by atoms with E-state index in [0.717, 1.165) is 0 Å². The normalized spacial score (nSPS) is 10.4. The van der Waals surface area contributed by atoms with Gasteiger partial charge in [-0.15, -0.1) is 10.2 Å². The van der Waals surface area contributed by atoms with Crippen molar-refractivity contribution in [2.24, 2.45) is 0 Å². The van der Waals surface area contributed by atoms with E-state index in [-0.39, 0.29) is 16.5 Å². The van der Waals surface area contributed by atoms with Crippen LogP contribution in [0.4, 0.5) is 5.69 Å². The molecule has 8 heteroatoms. The average Bonchev–Trinajstić information content (AvgIpc) is 3.10. The number of aromatic nitrogens is 4. The van der Waals surface area contributed by atoms with E-state index < -0.39 is 5.91 Å². The van der Waals surface area contributed by atoms with E-state index in [1.807, 2.05) is 0 Å².